The summed E-state index contributed by atoms with van der Waals surface area (Å²) >= 11 is 0. The van der Waals surface area contributed by atoms with Gasteiger partial charge in [0.2, 0.25) is 5.91 Å². The van der Waals surface area contributed by atoms with Crippen LogP contribution in [0.5, 0.6) is 0 Å². The average molecular weight is 348 g/mol. The highest BCUT2D eigenvalue weighted by Gasteiger charge is 2.29. The molecular formula is C18H28N4O3. The van der Waals surface area contributed by atoms with Gasteiger partial charge < -0.3 is 14.8 Å². The molecule has 0 aliphatic carbocycles. The Balaban J connectivity index is 1.70. The molecule has 0 aromatic carbocycles. The van der Waals surface area contributed by atoms with Crippen LogP contribution >= 0.6 is 0 Å². The van der Waals surface area contributed by atoms with E-state index >= 15 is 0 Å². The fourth-order valence-corrected chi connectivity index (χ4v) is 4.05. The van der Waals surface area contributed by atoms with Gasteiger partial charge in [-0.15, -0.1) is 0 Å². The third-order valence-electron chi connectivity index (χ3n) is 5.45. The first-order valence-electron chi connectivity index (χ1n) is 9.38. The number of carbonyl (C=O) groups excluding carboxylic acids is 1. The molecule has 3 heterocycles. The molecule has 2 saturated heterocycles. The molecule has 2 aliphatic rings. The van der Waals surface area contributed by atoms with Crippen LogP contribution in [0.1, 0.15) is 49.8 Å². The number of H-pyrrole nitrogens is 2. The van der Waals surface area contributed by atoms with Crippen LogP contribution in [0.3, 0.4) is 0 Å². The van der Waals surface area contributed by atoms with E-state index < -0.39 is 11.2 Å². The second-order valence-corrected chi connectivity index (χ2v) is 7.29. The molecule has 1 unspecified atom stereocenters. The maximum atomic E-state index is 12.9. The minimum Gasteiger partial charge on any atom is -0.338 e. The number of hydrogen-bond acceptors (Lipinski definition) is 4. The van der Waals surface area contributed by atoms with E-state index in [9.17, 15) is 14.4 Å². The highest BCUT2D eigenvalue weighted by Crippen LogP contribution is 2.21. The van der Waals surface area contributed by atoms with Crippen molar-refractivity contribution < 1.29 is 4.79 Å². The maximum Gasteiger partial charge on any atom is 0.325 e. The van der Waals surface area contributed by atoms with Gasteiger partial charge in [0.25, 0.3) is 5.56 Å². The Hall–Kier alpha value is -1.89. The summed E-state index contributed by atoms with van der Waals surface area (Å²) in [6, 6.07) is 0.237. The van der Waals surface area contributed by atoms with Gasteiger partial charge in [0.15, 0.2) is 0 Å². The summed E-state index contributed by atoms with van der Waals surface area (Å²) in [6.07, 6.45) is 7.04. The normalized spacial score (nSPS) is 22.1. The number of carbonyl (C=O) groups is 1. The first-order valence-corrected chi connectivity index (χ1v) is 9.38. The summed E-state index contributed by atoms with van der Waals surface area (Å²) in [4.78, 5) is 45.4. The molecule has 0 saturated carbocycles. The first kappa shape index (κ1) is 17.9. The lowest BCUT2D eigenvalue weighted by atomic mass is 9.99. The molecule has 1 aromatic rings. The molecule has 1 amide bonds. The topological polar surface area (TPSA) is 89.3 Å². The molecule has 2 aliphatic heterocycles. The van der Waals surface area contributed by atoms with E-state index in [1.165, 1.54) is 19.3 Å². The molecule has 0 bridgehead atoms. The van der Waals surface area contributed by atoms with E-state index in [0.717, 1.165) is 45.4 Å². The number of aryl methyl sites for hydroxylation is 1. The van der Waals surface area contributed by atoms with E-state index in [0.29, 0.717) is 11.3 Å². The summed E-state index contributed by atoms with van der Waals surface area (Å²) in [5.41, 5.74) is -0.141. The lowest BCUT2D eigenvalue weighted by molar-refractivity contribution is -0.134. The maximum absolute atomic E-state index is 12.9. The van der Waals surface area contributed by atoms with Crippen LogP contribution in [-0.2, 0) is 11.2 Å². The van der Waals surface area contributed by atoms with Gasteiger partial charge >= 0.3 is 5.69 Å². The number of rotatable bonds is 4. The standard InChI is InChI=1S/C18H28N4O3/c1-13-15(17(24)20-18(25)19-13)11-16(23)22-10-6-3-7-14(22)12-21-8-4-2-5-9-21/h14H,2-12H2,1H3,(H2,19,20,24,25). The van der Waals surface area contributed by atoms with Crippen LogP contribution in [0.4, 0.5) is 0 Å². The quantitative estimate of drug-likeness (QED) is 0.841. The molecule has 1 aromatic heterocycles. The summed E-state index contributed by atoms with van der Waals surface area (Å²) in [7, 11) is 0. The van der Waals surface area contributed by atoms with Crippen LogP contribution in [0.2, 0.25) is 0 Å². The number of aromatic amines is 2. The second-order valence-electron chi connectivity index (χ2n) is 7.29. The monoisotopic (exact) mass is 348 g/mol. The van der Waals surface area contributed by atoms with Crippen molar-refractivity contribution in [2.24, 2.45) is 0 Å². The lowest BCUT2D eigenvalue weighted by Crippen LogP contribution is -2.51. The largest absolute Gasteiger partial charge is 0.338 e. The van der Waals surface area contributed by atoms with E-state index in [1.807, 2.05) is 4.90 Å². The molecule has 7 heteroatoms. The van der Waals surface area contributed by atoms with Crippen LogP contribution in [0, 0.1) is 6.92 Å². The van der Waals surface area contributed by atoms with Crippen molar-refractivity contribution in [3.8, 4) is 0 Å². The fourth-order valence-electron chi connectivity index (χ4n) is 4.05. The van der Waals surface area contributed by atoms with Gasteiger partial charge in [0.05, 0.1) is 6.42 Å². The predicted octanol–water partition coefficient (Wildman–Crippen LogP) is 0.781. The van der Waals surface area contributed by atoms with Gasteiger partial charge in [0, 0.05) is 30.4 Å². The van der Waals surface area contributed by atoms with Crippen molar-refractivity contribution in [3.63, 3.8) is 0 Å². The van der Waals surface area contributed by atoms with Crippen LogP contribution in [-0.4, -0.2) is 57.9 Å². The summed E-state index contributed by atoms with van der Waals surface area (Å²) in [5, 5.41) is 0. The smallest absolute Gasteiger partial charge is 0.325 e. The van der Waals surface area contributed by atoms with Crippen LogP contribution in [0.25, 0.3) is 0 Å². The van der Waals surface area contributed by atoms with Gasteiger partial charge in [-0.1, -0.05) is 6.42 Å². The van der Waals surface area contributed by atoms with Crippen molar-refractivity contribution in [2.75, 3.05) is 26.2 Å². The molecule has 0 spiro atoms. The second kappa shape index (κ2) is 7.99. The van der Waals surface area contributed by atoms with Crippen LogP contribution in [0.15, 0.2) is 9.59 Å². The van der Waals surface area contributed by atoms with Gasteiger partial charge in [-0.2, -0.15) is 0 Å². The zero-order valence-corrected chi connectivity index (χ0v) is 15.0. The SMILES string of the molecule is Cc1[nH]c(=O)[nH]c(=O)c1CC(=O)N1CCCCC1CN1CCCCC1. The number of piperidine rings is 2. The number of likely N-dealkylation sites (tertiary alicyclic amines) is 2. The minimum absolute atomic E-state index is 0.0117. The lowest BCUT2D eigenvalue weighted by Gasteiger charge is -2.39. The number of amides is 1. The van der Waals surface area contributed by atoms with Crippen molar-refractivity contribution >= 4 is 5.91 Å². The highest BCUT2D eigenvalue weighted by atomic mass is 16.2. The van der Waals surface area contributed by atoms with E-state index in [2.05, 4.69) is 14.9 Å². The molecule has 3 rings (SSSR count). The molecule has 7 nitrogen and oxygen atoms in total. The van der Waals surface area contributed by atoms with Gasteiger partial charge in [-0.3, -0.25) is 14.6 Å². The molecule has 2 fully saturated rings. The Bertz CT molecular complexity index is 718. The van der Waals surface area contributed by atoms with Crippen molar-refractivity contribution in [1.29, 1.82) is 0 Å². The molecule has 25 heavy (non-hydrogen) atoms. The van der Waals surface area contributed by atoms with Gasteiger partial charge in [-0.05, 0) is 52.1 Å². The Kier molecular flexibility index (Phi) is 5.73. The van der Waals surface area contributed by atoms with Crippen molar-refractivity contribution in [2.45, 2.75) is 57.9 Å². The number of nitrogens with zero attached hydrogens (tertiary/aromatic N) is 2. The Morgan fingerprint density at radius 3 is 2.48 bits per heavy atom. The summed E-state index contributed by atoms with van der Waals surface area (Å²) in [5.74, 6) is -0.0117. The average Bonchev–Trinajstić information content (AvgIpc) is 2.59. The zero-order valence-electron chi connectivity index (χ0n) is 15.0. The van der Waals surface area contributed by atoms with E-state index in [-0.39, 0.29) is 18.4 Å². The molecule has 1 atom stereocenters. The Morgan fingerprint density at radius 1 is 1.04 bits per heavy atom. The number of nitrogens with one attached hydrogen (secondary N) is 2. The molecule has 0 radical (unpaired) electrons. The zero-order chi connectivity index (χ0) is 17.8. The summed E-state index contributed by atoms with van der Waals surface area (Å²) < 4.78 is 0. The van der Waals surface area contributed by atoms with Crippen molar-refractivity contribution in [1.82, 2.24) is 19.8 Å². The highest BCUT2D eigenvalue weighted by molar-refractivity contribution is 5.79. The van der Waals surface area contributed by atoms with Crippen LogP contribution < -0.4 is 11.2 Å². The Morgan fingerprint density at radius 2 is 1.76 bits per heavy atom. The van der Waals surface area contributed by atoms with Gasteiger partial charge in [-0.25, -0.2) is 4.79 Å². The third kappa shape index (κ3) is 4.39. The fraction of sp³-hybridized carbons (Fsp3) is 0.722. The van der Waals surface area contributed by atoms with Crippen molar-refractivity contribution in [3.05, 3.63) is 32.1 Å². The third-order valence-corrected chi connectivity index (χ3v) is 5.45. The first-order chi connectivity index (χ1) is 12.0. The molecule has 2 N–H and O–H groups in total. The minimum atomic E-state index is -0.528. The van der Waals surface area contributed by atoms with E-state index in [4.69, 9.17) is 0 Å². The van der Waals surface area contributed by atoms with Gasteiger partial charge in [0.1, 0.15) is 0 Å². The van der Waals surface area contributed by atoms with E-state index in [1.54, 1.807) is 6.92 Å². The molecule has 138 valence electrons. The summed E-state index contributed by atoms with van der Waals surface area (Å²) in [6.45, 7) is 5.61. The Labute approximate surface area is 147 Å². The number of hydrogen-bond donors (Lipinski definition) is 2. The number of aromatic nitrogens is 2. The predicted molar refractivity (Wildman–Crippen MR) is 95.8 cm³/mol. The molecular weight excluding hydrogens is 320 g/mol.